The predicted octanol–water partition coefficient (Wildman–Crippen LogP) is 1.000. The van der Waals surface area contributed by atoms with E-state index in [1.54, 1.807) is 12.1 Å². The maximum absolute atomic E-state index is 13.9. The van der Waals surface area contributed by atoms with Crippen LogP contribution in [0.5, 0.6) is 0 Å². The van der Waals surface area contributed by atoms with E-state index in [0.29, 0.717) is 43.6 Å². The highest BCUT2D eigenvalue weighted by Crippen LogP contribution is 2.39. The molecule has 3 aliphatic rings. The van der Waals surface area contributed by atoms with Crippen molar-refractivity contribution in [1.82, 2.24) is 25.7 Å². The molecule has 2 N–H and O–H groups in total. The van der Waals surface area contributed by atoms with Crippen molar-refractivity contribution in [2.24, 2.45) is 0 Å². The fourth-order valence-corrected chi connectivity index (χ4v) is 4.22. The fourth-order valence-electron chi connectivity index (χ4n) is 4.22. The highest BCUT2D eigenvalue weighted by molar-refractivity contribution is 5.94. The molecule has 2 aliphatic heterocycles. The molecule has 1 aliphatic carbocycles. The summed E-state index contributed by atoms with van der Waals surface area (Å²) in [6.07, 6.45) is 3.22. The van der Waals surface area contributed by atoms with Crippen LogP contribution in [0.25, 0.3) is 0 Å². The zero-order valence-corrected chi connectivity index (χ0v) is 15.8. The van der Waals surface area contributed by atoms with Crippen LogP contribution in [0.4, 0.5) is 4.39 Å². The van der Waals surface area contributed by atoms with Gasteiger partial charge in [0.1, 0.15) is 5.82 Å². The van der Waals surface area contributed by atoms with Crippen LogP contribution in [0.15, 0.2) is 28.7 Å². The lowest BCUT2D eigenvalue weighted by Gasteiger charge is -2.36. The van der Waals surface area contributed by atoms with Gasteiger partial charge >= 0.3 is 0 Å². The number of carbonyl (C=O) groups is 2. The maximum Gasteiger partial charge on any atom is 0.254 e. The van der Waals surface area contributed by atoms with Crippen molar-refractivity contribution < 1.29 is 18.4 Å². The van der Waals surface area contributed by atoms with Gasteiger partial charge < -0.3 is 15.1 Å². The normalized spacial score (nSPS) is 26.8. The van der Waals surface area contributed by atoms with Crippen LogP contribution >= 0.6 is 0 Å². The van der Waals surface area contributed by atoms with Gasteiger partial charge in [-0.25, -0.2) is 4.39 Å². The lowest BCUT2D eigenvalue weighted by atomic mass is 10.1. The first-order chi connectivity index (χ1) is 14.1. The number of nitrogens with one attached hydrogen (secondary N) is 2. The molecule has 3 fully saturated rings. The van der Waals surface area contributed by atoms with Gasteiger partial charge in [-0.15, -0.1) is 10.2 Å². The Balaban J connectivity index is 1.26. The summed E-state index contributed by atoms with van der Waals surface area (Å²) in [5, 5.41) is 14.1. The van der Waals surface area contributed by atoms with Gasteiger partial charge in [0.2, 0.25) is 17.7 Å². The van der Waals surface area contributed by atoms with Crippen molar-refractivity contribution in [3.8, 4) is 0 Å². The molecule has 0 radical (unpaired) electrons. The molecule has 2 aromatic rings. The minimum atomic E-state index is -0.556. The van der Waals surface area contributed by atoms with E-state index in [2.05, 4.69) is 25.7 Å². The van der Waals surface area contributed by atoms with Gasteiger partial charge in [-0.3, -0.25) is 14.5 Å². The number of aromatic nitrogens is 2. The average molecular weight is 399 g/mol. The van der Waals surface area contributed by atoms with E-state index in [0.717, 1.165) is 12.8 Å². The van der Waals surface area contributed by atoms with Gasteiger partial charge in [-0.05, 0) is 31.4 Å². The summed E-state index contributed by atoms with van der Waals surface area (Å²) >= 11 is 0. The standard InChI is InChI=1S/C20H22FN5O3/c21-15-4-2-1-3-14(15)18(27)23-12-7-16-19(28)22-9-13(26(16)10-12)8-17-24-25-20(29-17)11-5-6-11/h1-4,11-13,16H,5-10H2,(H,22,28)(H,23,27)/t12-,13+,16-/m0/s1. The van der Waals surface area contributed by atoms with Gasteiger partial charge in [0, 0.05) is 37.5 Å². The topological polar surface area (TPSA) is 100 Å². The Kier molecular flexibility index (Phi) is 4.54. The van der Waals surface area contributed by atoms with Crippen molar-refractivity contribution in [2.45, 2.75) is 49.7 Å². The highest BCUT2D eigenvalue weighted by Gasteiger charge is 2.44. The number of amides is 2. The summed E-state index contributed by atoms with van der Waals surface area (Å²) in [5.41, 5.74) is 0.0110. The van der Waals surface area contributed by atoms with Gasteiger partial charge in [-0.1, -0.05) is 12.1 Å². The molecule has 5 rings (SSSR count). The van der Waals surface area contributed by atoms with Crippen molar-refractivity contribution in [3.05, 3.63) is 47.4 Å². The molecule has 1 aromatic carbocycles. The van der Waals surface area contributed by atoms with Crippen LogP contribution < -0.4 is 10.6 Å². The minimum absolute atomic E-state index is 0.0110. The van der Waals surface area contributed by atoms with Crippen LogP contribution in [-0.2, 0) is 11.2 Å². The van der Waals surface area contributed by atoms with E-state index >= 15 is 0 Å². The molecule has 0 unspecified atom stereocenters. The SMILES string of the molecule is O=C(N[C@H]1C[C@H]2C(=O)NC[C@@H](Cc3nnc(C4CC4)o3)N2C1)c1ccccc1F. The molecule has 29 heavy (non-hydrogen) atoms. The Hall–Kier alpha value is -2.81. The molecule has 1 saturated carbocycles. The second-order valence-electron chi connectivity index (χ2n) is 8.01. The molecular weight excluding hydrogens is 377 g/mol. The Labute approximate surface area is 166 Å². The van der Waals surface area contributed by atoms with Crippen molar-refractivity contribution >= 4 is 11.8 Å². The predicted molar refractivity (Wildman–Crippen MR) is 99.5 cm³/mol. The first kappa shape index (κ1) is 18.2. The van der Waals surface area contributed by atoms with Crippen LogP contribution in [0, 0.1) is 5.82 Å². The zero-order valence-electron chi connectivity index (χ0n) is 15.8. The summed E-state index contributed by atoms with van der Waals surface area (Å²) in [6, 6.07) is 5.34. The number of nitrogens with zero attached hydrogens (tertiary/aromatic N) is 3. The number of halogens is 1. The number of rotatable bonds is 5. The van der Waals surface area contributed by atoms with Gasteiger partial charge in [-0.2, -0.15) is 0 Å². The summed E-state index contributed by atoms with van der Waals surface area (Å²) in [4.78, 5) is 26.9. The second-order valence-corrected chi connectivity index (χ2v) is 8.01. The van der Waals surface area contributed by atoms with E-state index in [4.69, 9.17) is 4.42 Å². The number of benzene rings is 1. The minimum Gasteiger partial charge on any atom is -0.425 e. The number of hydrogen-bond acceptors (Lipinski definition) is 6. The molecule has 0 spiro atoms. The summed E-state index contributed by atoms with van der Waals surface area (Å²) in [6.45, 7) is 1.01. The fraction of sp³-hybridized carbons (Fsp3) is 0.500. The van der Waals surface area contributed by atoms with Gasteiger partial charge in [0.15, 0.2) is 0 Å². The quantitative estimate of drug-likeness (QED) is 0.778. The maximum atomic E-state index is 13.9. The number of hydrogen-bond donors (Lipinski definition) is 2. The monoisotopic (exact) mass is 399 g/mol. The molecule has 3 atom stereocenters. The number of fused-ring (bicyclic) bond motifs is 1. The Morgan fingerprint density at radius 3 is 2.93 bits per heavy atom. The third-order valence-electron chi connectivity index (χ3n) is 5.90. The highest BCUT2D eigenvalue weighted by atomic mass is 19.1. The van der Waals surface area contributed by atoms with E-state index in [9.17, 15) is 14.0 Å². The molecular formula is C20H22FN5O3. The molecule has 8 nitrogen and oxygen atoms in total. The van der Waals surface area contributed by atoms with Crippen LogP contribution in [-0.4, -0.2) is 58.1 Å². The van der Waals surface area contributed by atoms with E-state index < -0.39 is 11.7 Å². The lowest BCUT2D eigenvalue weighted by Crippen LogP contribution is -2.58. The third-order valence-corrected chi connectivity index (χ3v) is 5.90. The van der Waals surface area contributed by atoms with Crippen molar-refractivity contribution in [3.63, 3.8) is 0 Å². The van der Waals surface area contributed by atoms with E-state index in [-0.39, 0.29) is 29.6 Å². The Morgan fingerprint density at radius 1 is 1.31 bits per heavy atom. The summed E-state index contributed by atoms with van der Waals surface area (Å²) in [5.74, 6) is 0.612. The van der Waals surface area contributed by atoms with Crippen molar-refractivity contribution in [2.75, 3.05) is 13.1 Å². The first-order valence-corrected chi connectivity index (χ1v) is 9.99. The number of carbonyl (C=O) groups excluding carboxylic acids is 2. The number of piperazine rings is 1. The van der Waals surface area contributed by atoms with E-state index in [1.165, 1.54) is 12.1 Å². The summed E-state index contributed by atoms with van der Waals surface area (Å²) < 4.78 is 19.7. The van der Waals surface area contributed by atoms with Gasteiger partial charge in [0.25, 0.3) is 5.91 Å². The lowest BCUT2D eigenvalue weighted by molar-refractivity contribution is -0.129. The Morgan fingerprint density at radius 2 is 2.14 bits per heavy atom. The molecule has 152 valence electrons. The molecule has 2 amide bonds. The first-order valence-electron chi connectivity index (χ1n) is 9.99. The van der Waals surface area contributed by atoms with Crippen LogP contribution in [0.2, 0.25) is 0 Å². The molecule has 3 heterocycles. The van der Waals surface area contributed by atoms with Crippen LogP contribution in [0.1, 0.15) is 47.3 Å². The molecule has 2 saturated heterocycles. The largest absolute Gasteiger partial charge is 0.425 e. The van der Waals surface area contributed by atoms with Crippen molar-refractivity contribution in [1.29, 1.82) is 0 Å². The second kappa shape index (κ2) is 7.22. The Bertz CT molecular complexity index is 944. The smallest absolute Gasteiger partial charge is 0.254 e. The van der Waals surface area contributed by atoms with E-state index in [1.807, 2.05) is 0 Å². The van der Waals surface area contributed by atoms with Gasteiger partial charge in [0.05, 0.1) is 11.6 Å². The molecule has 1 aromatic heterocycles. The average Bonchev–Trinajstić information content (AvgIpc) is 3.30. The molecule has 0 bridgehead atoms. The zero-order chi connectivity index (χ0) is 20.0. The van der Waals surface area contributed by atoms with Crippen LogP contribution in [0.3, 0.4) is 0 Å². The summed E-state index contributed by atoms with van der Waals surface area (Å²) in [7, 11) is 0. The third kappa shape index (κ3) is 3.62. The molecule has 9 heteroatoms.